The second-order valence-electron chi connectivity index (χ2n) is 5.87. The molecule has 0 atom stereocenters. The van der Waals surface area contributed by atoms with Crippen LogP contribution < -0.4 is 0 Å². The van der Waals surface area contributed by atoms with Crippen molar-refractivity contribution in [2.24, 2.45) is 0 Å². The molecule has 0 spiro atoms. The molecule has 0 aliphatic carbocycles. The van der Waals surface area contributed by atoms with Gasteiger partial charge in [-0.25, -0.2) is 0 Å². The molecule has 1 aliphatic heterocycles. The first kappa shape index (κ1) is 14.0. The van der Waals surface area contributed by atoms with Crippen LogP contribution >= 0.6 is 0 Å². The first-order valence-corrected chi connectivity index (χ1v) is 7.47. The molecule has 3 rings (SSSR count). The molecular weight excluding hydrogens is 262 g/mol. The van der Waals surface area contributed by atoms with Gasteiger partial charge in [-0.2, -0.15) is 0 Å². The Hall–Kier alpha value is -2.00. The van der Waals surface area contributed by atoms with Crippen molar-refractivity contribution in [1.82, 2.24) is 4.90 Å². The minimum absolute atomic E-state index is 0.272. The molecule has 3 nitrogen and oxygen atoms in total. The molecule has 0 aromatic heterocycles. The van der Waals surface area contributed by atoms with Gasteiger partial charge in [0.05, 0.1) is 0 Å². The van der Waals surface area contributed by atoms with Crippen molar-refractivity contribution >= 4 is 0 Å². The van der Waals surface area contributed by atoms with E-state index in [1.165, 1.54) is 12.8 Å². The largest absolute Gasteiger partial charge is 0.508 e. The third kappa shape index (κ3) is 3.19. The van der Waals surface area contributed by atoms with Crippen LogP contribution in [0.1, 0.15) is 24.0 Å². The molecule has 1 heterocycles. The lowest BCUT2D eigenvalue weighted by Gasteiger charge is -2.16. The molecule has 21 heavy (non-hydrogen) atoms. The molecule has 0 amide bonds. The number of phenolic OH excluding ortho intramolecular Hbond substituents is 2. The molecule has 1 fully saturated rings. The number of rotatable bonds is 3. The van der Waals surface area contributed by atoms with E-state index in [2.05, 4.69) is 11.0 Å². The lowest BCUT2D eigenvalue weighted by atomic mass is 9.98. The van der Waals surface area contributed by atoms with Crippen LogP contribution in [0.4, 0.5) is 0 Å². The van der Waals surface area contributed by atoms with Gasteiger partial charge in [-0.05, 0) is 85.4 Å². The van der Waals surface area contributed by atoms with Crippen molar-refractivity contribution in [3.63, 3.8) is 0 Å². The topological polar surface area (TPSA) is 43.7 Å². The molecule has 2 aromatic carbocycles. The highest BCUT2D eigenvalue weighted by atomic mass is 16.3. The van der Waals surface area contributed by atoms with Crippen LogP contribution in [0.5, 0.6) is 11.5 Å². The third-order valence-corrected chi connectivity index (χ3v) is 4.10. The van der Waals surface area contributed by atoms with Crippen LogP contribution in [-0.2, 0) is 6.54 Å². The summed E-state index contributed by atoms with van der Waals surface area (Å²) in [6.45, 7) is 5.14. The lowest BCUT2D eigenvalue weighted by molar-refractivity contribution is 0.331. The number of hydrogen-bond donors (Lipinski definition) is 2. The van der Waals surface area contributed by atoms with Crippen molar-refractivity contribution in [2.75, 3.05) is 13.1 Å². The van der Waals surface area contributed by atoms with Crippen LogP contribution in [-0.4, -0.2) is 28.2 Å². The van der Waals surface area contributed by atoms with E-state index in [4.69, 9.17) is 0 Å². The number of nitrogens with zero attached hydrogens (tertiary/aromatic N) is 1. The summed E-state index contributed by atoms with van der Waals surface area (Å²) in [6, 6.07) is 11.1. The Bertz CT molecular complexity index is 646. The smallest absolute Gasteiger partial charge is 0.116 e. The van der Waals surface area contributed by atoms with Gasteiger partial charge in [0, 0.05) is 6.54 Å². The fraction of sp³-hybridized carbons (Fsp3) is 0.333. The highest BCUT2D eigenvalue weighted by Crippen LogP contribution is 2.30. The van der Waals surface area contributed by atoms with Gasteiger partial charge in [0.15, 0.2) is 0 Å². The van der Waals surface area contributed by atoms with Gasteiger partial charge >= 0.3 is 0 Å². The number of benzene rings is 2. The van der Waals surface area contributed by atoms with Crippen LogP contribution in [0.15, 0.2) is 36.4 Å². The number of phenols is 2. The van der Waals surface area contributed by atoms with Gasteiger partial charge in [0.1, 0.15) is 11.5 Å². The van der Waals surface area contributed by atoms with E-state index in [0.29, 0.717) is 5.75 Å². The van der Waals surface area contributed by atoms with Crippen LogP contribution in [0.2, 0.25) is 0 Å². The van der Waals surface area contributed by atoms with Crippen LogP contribution in [0.25, 0.3) is 11.1 Å². The summed E-state index contributed by atoms with van der Waals surface area (Å²) in [6.07, 6.45) is 2.53. The van der Waals surface area contributed by atoms with Crippen molar-refractivity contribution in [1.29, 1.82) is 0 Å². The SMILES string of the molecule is Cc1cc(O)ccc1-c1cc(O)cc(CN2CCCC2)c1. The molecule has 2 N–H and O–H groups in total. The first-order valence-electron chi connectivity index (χ1n) is 7.47. The predicted octanol–water partition coefficient (Wildman–Crippen LogP) is 3.67. The maximum absolute atomic E-state index is 10.0. The maximum atomic E-state index is 10.0. The third-order valence-electron chi connectivity index (χ3n) is 4.10. The Morgan fingerprint density at radius 2 is 1.71 bits per heavy atom. The van der Waals surface area contributed by atoms with Gasteiger partial charge in [-0.1, -0.05) is 6.07 Å². The second-order valence-corrected chi connectivity index (χ2v) is 5.87. The molecule has 0 unspecified atom stereocenters. The Kier molecular flexibility index (Phi) is 3.84. The molecule has 1 saturated heterocycles. The standard InChI is InChI=1S/C18H21NO2/c1-13-8-16(20)4-5-18(13)15-9-14(10-17(21)11-15)12-19-6-2-3-7-19/h4-5,8-11,20-21H,2-3,6-7,12H2,1H3. The van der Waals surface area contributed by atoms with E-state index >= 15 is 0 Å². The second kappa shape index (κ2) is 5.78. The molecule has 0 radical (unpaired) electrons. The van der Waals surface area contributed by atoms with Gasteiger partial charge in [-0.3, -0.25) is 4.90 Å². The van der Waals surface area contributed by atoms with E-state index < -0.39 is 0 Å². The van der Waals surface area contributed by atoms with Gasteiger partial charge in [0.25, 0.3) is 0 Å². The van der Waals surface area contributed by atoms with E-state index in [1.807, 2.05) is 19.1 Å². The first-order chi connectivity index (χ1) is 10.1. The Balaban J connectivity index is 1.93. The minimum Gasteiger partial charge on any atom is -0.508 e. The molecule has 110 valence electrons. The monoisotopic (exact) mass is 283 g/mol. The summed E-state index contributed by atoms with van der Waals surface area (Å²) in [5.74, 6) is 0.572. The van der Waals surface area contributed by atoms with Gasteiger partial charge in [-0.15, -0.1) is 0 Å². The minimum atomic E-state index is 0.272. The summed E-state index contributed by atoms with van der Waals surface area (Å²) < 4.78 is 0. The molecular formula is C18H21NO2. The summed E-state index contributed by atoms with van der Waals surface area (Å²) in [5.41, 5.74) is 4.19. The Labute approximate surface area is 125 Å². The zero-order valence-corrected chi connectivity index (χ0v) is 12.3. The molecule has 0 bridgehead atoms. The Morgan fingerprint density at radius 1 is 0.952 bits per heavy atom. The number of aromatic hydroxyl groups is 2. The molecule has 0 saturated carbocycles. The van der Waals surface area contributed by atoms with E-state index in [1.54, 1.807) is 18.2 Å². The van der Waals surface area contributed by atoms with Crippen LogP contribution in [0, 0.1) is 6.92 Å². The molecule has 2 aromatic rings. The quantitative estimate of drug-likeness (QED) is 0.903. The fourth-order valence-electron chi connectivity index (χ4n) is 3.09. The average molecular weight is 283 g/mol. The number of likely N-dealkylation sites (tertiary alicyclic amines) is 1. The average Bonchev–Trinajstić information content (AvgIpc) is 2.90. The zero-order valence-electron chi connectivity index (χ0n) is 12.3. The van der Waals surface area contributed by atoms with E-state index in [0.717, 1.165) is 41.9 Å². The zero-order chi connectivity index (χ0) is 14.8. The lowest BCUT2D eigenvalue weighted by Crippen LogP contribution is -2.18. The van der Waals surface area contributed by atoms with E-state index in [9.17, 15) is 10.2 Å². The molecule has 3 heteroatoms. The van der Waals surface area contributed by atoms with Gasteiger partial charge in [0.2, 0.25) is 0 Å². The van der Waals surface area contributed by atoms with E-state index in [-0.39, 0.29) is 5.75 Å². The summed E-state index contributed by atoms with van der Waals surface area (Å²) in [7, 11) is 0. The predicted molar refractivity (Wildman–Crippen MR) is 84.5 cm³/mol. The highest BCUT2D eigenvalue weighted by Gasteiger charge is 2.13. The number of aryl methyl sites for hydroxylation is 1. The van der Waals surface area contributed by atoms with Gasteiger partial charge < -0.3 is 10.2 Å². The van der Waals surface area contributed by atoms with Crippen LogP contribution in [0.3, 0.4) is 0 Å². The van der Waals surface area contributed by atoms with Crippen molar-refractivity contribution < 1.29 is 10.2 Å². The fourth-order valence-corrected chi connectivity index (χ4v) is 3.09. The van der Waals surface area contributed by atoms with Crippen molar-refractivity contribution in [3.05, 3.63) is 47.5 Å². The van der Waals surface area contributed by atoms with Crippen molar-refractivity contribution in [3.8, 4) is 22.6 Å². The number of hydrogen-bond acceptors (Lipinski definition) is 3. The highest BCUT2D eigenvalue weighted by molar-refractivity contribution is 5.70. The molecule has 1 aliphatic rings. The normalized spacial score (nSPS) is 15.5. The maximum Gasteiger partial charge on any atom is 0.116 e. The summed E-state index contributed by atoms with van der Waals surface area (Å²) in [5, 5.41) is 19.5. The Morgan fingerprint density at radius 3 is 2.43 bits per heavy atom. The summed E-state index contributed by atoms with van der Waals surface area (Å²) in [4.78, 5) is 2.42. The van der Waals surface area contributed by atoms with Crippen molar-refractivity contribution in [2.45, 2.75) is 26.3 Å². The summed E-state index contributed by atoms with van der Waals surface area (Å²) >= 11 is 0.